The predicted octanol–water partition coefficient (Wildman–Crippen LogP) is 0.0379. The summed E-state index contributed by atoms with van der Waals surface area (Å²) in [6.07, 6.45) is 4.20. The Balaban J connectivity index is 1.90. The average molecular weight is 184 g/mol. The Morgan fingerprint density at radius 1 is 1.31 bits per heavy atom. The highest BCUT2D eigenvalue weighted by Crippen LogP contribution is 2.38. The molecule has 3 unspecified atom stereocenters. The Morgan fingerprint density at radius 2 is 1.92 bits per heavy atom. The zero-order valence-electron chi connectivity index (χ0n) is 8.15. The largest absolute Gasteiger partial charge is 0.395 e. The van der Waals surface area contributed by atoms with Gasteiger partial charge in [0.2, 0.25) is 0 Å². The van der Waals surface area contributed by atoms with E-state index in [-0.39, 0.29) is 12.6 Å². The van der Waals surface area contributed by atoms with Crippen molar-refractivity contribution in [3.8, 4) is 0 Å². The molecular formula is C10H20N2O. The van der Waals surface area contributed by atoms with Crippen molar-refractivity contribution >= 4 is 0 Å². The normalized spacial score (nSPS) is 36.5. The van der Waals surface area contributed by atoms with E-state index in [2.05, 4.69) is 4.90 Å². The molecule has 0 amide bonds. The summed E-state index contributed by atoms with van der Waals surface area (Å²) >= 11 is 0. The Labute approximate surface area is 79.9 Å². The van der Waals surface area contributed by atoms with Crippen LogP contribution in [-0.2, 0) is 0 Å². The van der Waals surface area contributed by atoms with E-state index < -0.39 is 0 Å². The summed E-state index contributed by atoms with van der Waals surface area (Å²) in [5.74, 6) is 1.81. The van der Waals surface area contributed by atoms with Crippen molar-refractivity contribution in [3.63, 3.8) is 0 Å². The Hall–Kier alpha value is -0.120. The molecule has 13 heavy (non-hydrogen) atoms. The number of aliphatic hydroxyl groups excluding tert-OH is 1. The van der Waals surface area contributed by atoms with Crippen molar-refractivity contribution in [2.45, 2.75) is 25.3 Å². The number of hydrogen-bond acceptors (Lipinski definition) is 3. The number of rotatable bonds is 3. The summed E-state index contributed by atoms with van der Waals surface area (Å²) in [6.45, 7) is 3.16. The zero-order chi connectivity index (χ0) is 9.26. The third-order valence-corrected chi connectivity index (χ3v) is 3.75. The minimum atomic E-state index is 0.214. The molecule has 76 valence electrons. The first-order valence-corrected chi connectivity index (χ1v) is 5.40. The van der Waals surface area contributed by atoms with Crippen molar-refractivity contribution < 1.29 is 5.11 Å². The summed E-state index contributed by atoms with van der Waals surface area (Å²) in [5, 5.41) is 9.13. The third kappa shape index (κ3) is 1.73. The molecule has 0 radical (unpaired) electrons. The van der Waals surface area contributed by atoms with Gasteiger partial charge >= 0.3 is 0 Å². The Bertz CT molecular complexity index is 158. The van der Waals surface area contributed by atoms with E-state index in [1.54, 1.807) is 0 Å². The van der Waals surface area contributed by atoms with Crippen LogP contribution in [0.25, 0.3) is 0 Å². The van der Waals surface area contributed by atoms with Crippen molar-refractivity contribution in [2.75, 3.05) is 26.2 Å². The molecule has 1 aliphatic heterocycles. The van der Waals surface area contributed by atoms with Gasteiger partial charge in [0.05, 0.1) is 6.61 Å². The van der Waals surface area contributed by atoms with Gasteiger partial charge in [0.1, 0.15) is 0 Å². The van der Waals surface area contributed by atoms with Crippen molar-refractivity contribution in [1.82, 2.24) is 4.90 Å². The molecule has 3 atom stereocenters. The number of nitrogens with zero attached hydrogens (tertiary/aromatic N) is 1. The lowest BCUT2D eigenvalue weighted by atomic mass is 10.0. The van der Waals surface area contributed by atoms with Gasteiger partial charge < -0.3 is 10.8 Å². The quantitative estimate of drug-likeness (QED) is 0.651. The molecule has 1 saturated carbocycles. The van der Waals surface area contributed by atoms with Crippen LogP contribution in [0, 0.1) is 11.8 Å². The molecule has 1 saturated heterocycles. The molecule has 2 aliphatic rings. The fraction of sp³-hybridized carbons (Fsp3) is 1.00. The van der Waals surface area contributed by atoms with Gasteiger partial charge in [-0.05, 0) is 24.7 Å². The molecule has 2 rings (SSSR count). The summed E-state index contributed by atoms with van der Waals surface area (Å²) in [7, 11) is 0. The first kappa shape index (κ1) is 9.44. The third-order valence-electron chi connectivity index (χ3n) is 3.75. The standard InChI is InChI=1S/C10H20N2O/c11-4-10(7-13)12-5-8-2-1-3-9(8)6-12/h8-10,13H,1-7,11H2. The summed E-state index contributed by atoms with van der Waals surface area (Å²) < 4.78 is 0. The van der Waals surface area contributed by atoms with Crippen molar-refractivity contribution in [1.29, 1.82) is 0 Å². The van der Waals surface area contributed by atoms with Gasteiger partial charge in [-0.3, -0.25) is 4.90 Å². The number of nitrogens with two attached hydrogens (primary N) is 1. The van der Waals surface area contributed by atoms with Crippen LogP contribution in [0.5, 0.6) is 0 Å². The molecular weight excluding hydrogens is 164 g/mol. The van der Waals surface area contributed by atoms with E-state index in [4.69, 9.17) is 10.8 Å². The average Bonchev–Trinajstić information content (AvgIpc) is 2.65. The van der Waals surface area contributed by atoms with Crippen LogP contribution in [0.2, 0.25) is 0 Å². The molecule has 0 aromatic heterocycles. The van der Waals surface area contributed by atoms with E-state index in [1.807, 2.05) is 0 Å². The second-order valence-corrected chi connectivity index (χ2v) is 4.48. The maximum atomic E-state index is 9.13. The lowest BCUT2D eigenvalue weighted by Crippen LogP contribution is -2.42. The van der Waals surface area contributed by atoms with Gasteiger partial charge in [-0.2, -0.15) is 0 Å². The number of hydrogen-bond donors (Lipinski definition) is 2. The molecule has 3 heteroatoms. The minimum Gasteiger partial charge on any atom is -0.395 e. The lowest BCUT2D eigenvalue weighted by molar-refractivity contribution is 0.143. The maximum Gasteiger partial charge on any atom is 0.0599 e. The molecule has 0 aromatic carbocycles. The van der Waals surface area contributed by atoms with Crippen LogP contribution in [0.1, 0.15) is 19.3 Å². The molecule has 2 fully saturated rings. The first-order valence-electron chi connectivity index (χ1n) is 5.40. The van der Waals surface area contributed by atoms with Crippen LogP contribution in [-0.4, -0.2) is 42.3 Å². The summed E-state index contributed by atoms with van der Waals surface area (Å²) in [5.41, 5.74) is 5.61. The SMILES string of the molecule is NCC(CO)N1CC2CCCC2C1. The highest BCUT2D eigenvalue weighted by atomic mass is 16.3. The fourth-order valence-corrected chi connectivity index (χ4v) is 2.91. The minimum absolute atomic E-state index is 0.214. The van der Waals surface area contributed by atoms with E-state index >= 15 is 0 Å². The summed E-state index contributed by atoms with van der Waals surface area (Å²) in [6, 6.07) is 0.214. The van der Waals surface area contributed by atoms with E-state index in [9.17, 15) is 0 Å². The van der Waals surface area contributed by atoms with Crippen LogP contribution >= 0.6 is 0 Å². The first-order chi connectivity index (χ1) is 6.35. The van der Waals surface area contributed by atoms with E-state index in [0.717, 1.165) is 11.8 Å². The lowest BCUT2D eigenvalue weighted by Gasteiger charge is -2.25. The van der Waals surface area contributed by atoms with Crippen LogP contribution < -0.4 is 5.73 Å². The van der Waals surface area contributed by atoms with Crippen LogP contribution in [0.3, 0.4) is 0 Å². The smallest absolute Gasteiger partial charge is 0.0599 e. The van der Waals surface area contributed by atoms with E-state index in [0.29, 0.717) is 6.54 Å². The molecule has 1 heterocycles. The monoisotopic (exact) mass is 184 g/mol. The fourth-order valence-electron chi connectivity index (χ4n) is 2.91. The molecule has 0 bridgehead atoms. The van der Waals surface area contributed by atoms with E-state index in [1.165, 1.54) is 32.4 Å². The van der Waals surface area contributed by atoms with Crippen molar-refractivity contribution in [3.05, 3.63) is 0 Å². The van der Waals surface area contributed by atoms with Gasteiger partial charge in [0, 0.05) is 25.7 Å². The second-order valence-electron chi connectivity index (χ2n) is 4.48. The van der Waals surface area contributed by atoms with Crippen LogP contribution in [0.15, 0.2) is 0 Å². The van der Waals surface area contributed by atoms with Crippen molar-refractivity contribution in [2.24, 2.45) is 17.6 Å². The molecule has 0 spiro atoms. The molecule has 3 nitrogen and oxygen atoms in total. The topological polar surface area (TPSA) is 49.5 Å². The zero-order valence-corrected chi connectivity index (χ0v) is 8.15. The number of fused-ring (bicyclic) bond motifs is 1. The van der Waals surface area contributed by atoms with Gasteiger partial charge in [0.25, 0.3) is 0 Å². The highest BCUT2D eigenvalue weighted by Gasteiger charge is 2.37. The number of likely N-dealkylation sites (tertiary alicyclic amines) is 1. The second kappa shape index (κ2) is 3.95. The van der Waals surface area contributed by atoms with Gasteiger partial charge in [-0.25, -0.2) is 0 Å². The van der Waals surface area contributed by atoms with Gasteiger partial charge in [-0.15, -0.1) is 0 Å². The van der Waals surface area contributed by atoms with Gasteiger partial charge in [-0.1, -0.05) is 6.42 Å². The number of aliphatic hydroxyl groups is 1. The summed E-state index contributed by atoms with van der Waals surface area (Å²) in [4.78, 5) is 2.38. The van der Waals surface area contributed by atoms with Gasteiger partial charge in [0.15, 0.2) is 0 Å². The predicted molar refractivity (Wildman–Crippen MR) is 52.3 cm³/mol. The Kier molecular flexibility index (Phi) is 2.86. The molecule has 1 aliphatic carbocycles. The maximum absolute atomic E-state index is 9.13. The molecule has 0 aromatic rings. The highest BCUT2D eigenvalue weighted by molar-refractivity contribution is 4.91. The van der Waals surface area contributed by atoms with Crippen LogP contribution in [0.4, 0.5) is 0 Å². The molecule has 3 N–H and O–H groups in total. The Morgan fingerprint density at radius 3 is 2.38 bits per heavy atom.